The molecule has 1 aromatic carbocycles. The van der Waals surface area contributed by atoms with Gasteiger partial charge in [0.05, 0.1) is 25.4 Å². The SMILES string of the molecule is COCC(CO)(CO)N(C)Cc1cccc(CP(=O)([O-])[O-])c1.[Na+].[Na+]. The van der Waals surface area contributed by atoms with Crippen molar-refractivity contribution in [2.75, 3.05) is 34.0 Å². The summed E-state index contributed by atoms with van der Waals surface area (Å²) in [4.78, 5) is 23.4. The smallest absolute Gasteiger partial charge is 0.810 e. The van der Waals surface area contributed by atoms with Gasteiger partial charge in [-0.15, -0.1) is 0 Å². The van der Waals surface area contributed by atoms with Crippen LogP contribution in [-0.4, -0.2) is 54.6 Å². The fourth-order valence-electron chi connectivity index (χ4n) is 2.25. The zero-order valence-corrected chi connectivity index (χ0v) is 19.7. The molecule has 7 nitrogen and oxygen atoms in total. The van der Waals surface area contributed by atoms with Gasteiger partial charge in [0.15, 0.2) is 0 Å². The summed E-state index contributed by atoms with van der Waals surface area (Å²) in [6, 6.07) is 6.66. The summed E-state index contributed by atoms with van der Waals surface area (Å²) < 4.78 is 15.9. The molecule has 0 saturated heterocycles. The third kappa shape index (κ3) is 8.73. The number of ether oxygens (including phenoxy) is 1. The van der Waals surface area contributed by atoms with Crippen LogP contribution in [-0.2, 0) is 22.0 Å². The molecule has 2 N–H and O–H groups in total. The topological polar surface area (TPSA) is 116 Å². The Morgan fingerprint density at radius 3 is 2.21 bits per heavy atom. The van der Waals surface area contributed by atoms with Gasteiger partial charge >= 0.3 is 59.1 Å². The molecule has 1 aromatic rings. The first-order valence-electron chi connectivity index (χ1n) is 6.77. The van der Waals surface area contributed by atoms with E-state index >= 15 is 0 Å². The molecule has 0 atom stereocenters. The summed E-state index contributed by atoms with van der Waals surface area (Å²) in [7, 11) is -1.40. The van der Waals surface area contributed by atoms with Crippen LogP contribution in [0, 0.1) is 0 Å². The maximum absolute atomic E-state index is 10.9. The molecule has 24 heavy (non-hydrogen) atoms. The van der Waals surface area contributed by atoms with E-state index in [1.54, 1.807) is 36.2 Å². The zero-order chi connectivity index (χ0) is 16.8. The van der Waals surface area contributed by atoms with Gasteiger partial charge < -0.3 is 29.3 Å². The molecule has 0 amide bonds. The van der Waals surface area contributed by atoms with Gasteiger partial charge in [-0.2, -0.15) is 0 Å². The molecule has 0 radical (unpaired) electrons. The molecule has 0 heterocycles. The van der Waals surface area contributed by atoms with Crippen molar-refractivity contribution < 1.29 is 88.4 Å². The van der Waals surface area contributed by atoms with Gasteiger partial charge in [0.1, 0.15) is 0 Å². The number of benzene rings is 1. The maximum Gasteiger partial charge on any atom is 1.00 e. The number of aliphatic hydroxyl groups is 2. The van der Waals surface area contributed by atoms with E-state index in [2.05, 4.69) is 0 Å². The van der Waals surface area contributed by atoms with Gasteiger partial charge in [0.2, 0.25) is 0 Å². The van der Waals surface area contributed by atoms with Crippen molar-refractivity contribution in [3.8, 4) is 0 Å². The number of nitrogens with zero attached hydrogens (tertiary/aromatic N) is 1. The Kier molecular flexibility index (Phi) is 14.4. The molecule has 0 spiro atoms. The molecule has 0 fully saturated rings. The zero-order valence-electron chi connectivity index (χ0n) is 14.8. The van der Waals surface area contributed by atoms with Crippen LogP contribution in [0.2, 0.25) is 0 Å². The normalized spacial score (nSPS) is 11.8. The Hall–Kier alpha value is 1.21. The largest absolute Gasteiger partial charge is 1.00 e. The minimum absolute atomic E-state index is 0. The van der Waals surface area contributed by atoms with Crippen molar-refractivity contribution in [1.29, 1.82) is 0 Å². The quantitative estimate of drug-likeness (QED) is 0.325. The summed E-state index contributed by atoms with van der Waals surface area (Å²) in [5.41, 5.74) is 0.261. The molecule has 0 bridgehead atoms. The van der Waals surface area contributed by atoms with Crippen LogP contribution >= 0.6 is 7.60 Å². The fraction of sp³-hybridized carbons (Fsp3) is 0.571. The van der Waals surface area contributed by atoms with E-state index in [4.69, 9.17) is 4.74 Å². The molecule has 0 aliphatic carbocycles. The minimum atomic E-state index is -4.61. The van der Waals surface area contributed by atoms with Crippen LogP contribution < -0.4 is 68.9 Å². The van der Waals surface area contributed by atoms with E-state index in [0.29, 0.717) is 12.1 Å². The predicted molar refractivity (Wildman–Crippen MR) is 78.0 cm³/mol. The van der Waals surface area contributed by atoms with E-state index in [1.165, 1.54) is 7.11 Å². The maximum atomic E-state index is 10.9. The van der Waals surface area contributed by atoms with Crippen LogP contribution in [0.5, 0.6) is 0 Å². The molecule has 1 rings (SSSR count). The number of hydrogen-bond acceptors (Lipinski definition) is 7. The summed E-state index contributed by atoms with van der Waals surface area (Å²) in [6.07, 6.45) is -0.534. The number of likely N-dealkylation sites (N-methyl/N-ethyl adjacent to an activating group) is 1. The Bertz CT molecular complexity index is 524. The van der Waals surface area contributed by atoms with E-state index in [9.17, 15) is 24.6 Å². The average molecular weight is 377 g/mol. The van der Waals surface area contributed by atoms with Crippen molar-refractivity contribution in [2.24, 2.45) is 0 Å². The Balaban J connectivity index is 0. The second kappa shape index (κ2) is 12.6. The van der Waals surface area contributed by atoms with E-state index in [-0.39, 0.29) is 78.9 Å². The van der Waals surface area contributed by atoms with E-state index in [0.717, 1.165) is 5.56 Å². The Labute approximate surface area is 187 Å². The molecule has 0 saturated carbocycles. The monoisotopic (exact) mass is 377 g/mol. The Morgan fingerprint density at radius 1 is 1.21 bits per heavy atom. The third-order valence-corrected chi connectivity index (χ3v) is 4.35. The molecule has 10 heteroatoms. The van der Waals surface area contributed by atoms with Gasteiger partial charge in [0, 0.05) is 19.8 Å². The minimum Gasteiger partial charge on any atom is -0.810 e. The van der Waals surface area contributed by atoms with E-state index < -0.39 is 19.3 Å². The molecular weight excluding hydrogens is 355 g/mol. The summed E-state index contributed by atoms with van der Waals surface area (Å²) in [5, 5.41) is 19.1. The first-order chi connectivity index (χ1) is 10.3. The molecule has 0 aliphatic heterocycles. The number of aliphatic hydroxyl groups excluding tert-OH is 2. The summed E-state index contributed by atoms with van der Waals surface area (Å²) in [5.74, 6) is 0. The molecule has 0 aromatic heterocycles. The van der Waals surface area contributed by atoms with Gasteiger partial charge in [-0.05, 0) is 18.2 Å². The second-order valence-corrected chi connectivity index (χ2v) is 6.96. The van der Waals surface area contributed by atoms with Gasteiger partial charge in [0.25, 0.3) is 0 Å². The van der Waals surface area contributed by atoms with Crippen molar-refractivity contribution in [1.82, 2.24) is 4.90 Å². The van der Waals surface area contributed by atoms with Crippen molar-refractivity contribution >= 4 is 7.60 Å². The van der Waals surface area contributed by atoms with Crippen LogP contribution in [0.1, 0.15) is 11.1 Å². The van der Waals surface area contributed by atoms with Crippen LogP contribution in [0.3, 0.4) is 0 Å². The van der Waals surface area contributed by atoms with Gasteiger partial charge in [-0.3, -0.25) is 4.90 Å². The van der Waals surface area contributed by atoms with Crippen LogP contribution in [0.25, 0.3) is 0 Å². The first kappa shape index (κ1) is 27.4. The van der Waals surface area contributed by atoms with Gasteiger partial charge in [-0.1, -0.05) is 31.9 Å². The number of methoxy groups -OCH3 is 1. The van der Waals surface area contributed by atoms with Crippen molar-refractivity contribution in [3.63, 3.8) is 0 Å². The van der Waals surface area contributed by atoms with Crippen molar-refractivity contribution in [3.05, 3.63) is 35.4 Å². The van der Waals surface area contributed by atoms with Crippen LogP contribution in [0.15, 0.2) is 24.3 Å². The molecule has 126 valence electrons. The standard InChI is InChI=1S/C14H24NO6P.2Na/c1-15(14(9-16,10-17)11-21-2)7-12-4-3-5-13(6-12)8-22(18,19)20;;/h3-6,16-17H,7-11H2,1-2H3,(H2,18,19,20);;/q;2*+1/p-2. The average Bonchev–Trinajstić information content (AvgIpc) is 2.43. The molecule has 0 aliphatic rings. The Morgan fingerprint density at radius 2 is 1.75 bits per heavy atom. The predicted octanol–water partition coefficient (Wildman–Crippen LogP) is -7.09. The van der Waals surface area contributed by atoms with Gasteiger partial charge in [-0.25, -0.2) is 0 Å². The summed E-state index contributed by atoms with van der Waals surface area (Å²) >= 11 is 0. The first-order valence-corrected chi connectivity index (χ1v) is 8.50. The third-order valence-electron chi connectivity index (χ3n) is 3.60. The van der Waals surface area contributed by atoms with Crippen molar-refractivity contribution in [2.45, 2.75) is 18.2 Å². The number of hydrogen-bond donors (Lipinski definition) is 2. The summed E-state index contributed by atoms with van der Waals surface area (Å²) in [6.45, 7) is -0.0689. The molecular formula is C14H22NNa2O6P. The van der Waals surface area contributed by atoms with Crippen LogP contribution in [0.4, 0.5) is 0 Å². The molecule has 0 unspecified atom stereocenters. The second-order valence-electron chi connectivity index (χ2n) is 5.42. The fourth-order valence-corrected chi connectivity index (χ4v) is 2.90. The van der Waals surface area contributed by atoms with E-state index in [1.807, 2.05) is 0 Å². The number of rotatable bonds is 9.